The molecule has 1 saturated carbocycles. The number of hydrogen-bond donors (Lipinski definition) is 2. The zero-order chi connectivity index (χ0) is 16.0. The highest BCUT2D eigenvalue weighted by atomic mass is 16.1. The summed E-state index contributed by atoms with van der Waals surface area (Å²) >= 11 is 0. The molecule has 1 aliphatic carbocycles. The molecule has 1 aliphatic rings. The third-order valence-electron chi connectivity index (χ3n) is 4.94. The summed E-state index contributed by atoms with van der Waals surface area (Å²) in [6.45, 7) is 11.4. The van der Waals surface area contributed by atoms with E-state index in [4.69, 9.17) is 5.73 Å². The van der Waals surface area contributed by atoms with Crippen molar-refractivity contribution in [3.05, 3.63) is 0 Å². The maximum absolute atomic E-state index is 11.8. The fraction of sp³-hybridized carbons (Fsp3) is 0.941. The first-order valence-corrected chi connectivity index (χ1v) is 8.53. The second-order valence-corrected chi connectivity index (χ2v) is 7.49. The minimum absolute atomic E-state index is 0.194. The molecule has 3 N–H and O–H groups in total. The number of hydrogen-bond acceptors (Lipinski definition) is 3. The van der Waals surface area contributed by atoms with Crippen LogP contribution in [0.2, 0.25) is 0 Å². The molecule has 0 spiro atoms. The van der Waals surface area contributed by atoms with E-state index < -0.39 is 5.54 Å². The van der Waals surface area contributed by atoms with Gasteiger partial charge in [-0.1, -0.05) is 27.7 Å². The summed E-state index contributed by atoms with van der Waals surface area (Å²) in [4.78, 5) is 14.4. The molecule has 0 aromatic carbocycles. The van der Waals surface area contributed by atoms with E-state index in [0.717, 1.165) is 44.2 Å². The zero-order valence-corrected chi connectivity index (χ0v) is 14.6. The molecule has 4 nitrogen and oxygen atoms in total. The lowest BCUT2D eigenvalue weighted by molar-refractivity contribution is -0.124. The molecule has 0 aliphatic heterocycles. The lowest BCUT2D eigenvalue weighted by Gasteiger charge is -2.32. The number of primary amides is 1. The molecule has 2 atom stereocenters. The molecule has 4 heteroatoms. The van der Waals surface area contributed by atoms with Gasteiger partial charge in [-0.2, -0.15) is 0 Å². The number of nitrogens with two attached hydrogens (primary N) is 1. The van der Waals surface area contributed by atoms with Crippen molar-refractivity contribution in [1.82, 2.24) is 10.2 Å². The SMILES string of the molecule is CNC1(C(N)=O)CCC(N(CCC(C)C)CCC(C)C)C1. The molecule has 1 amide bonds. The molecular formula is C17H35N3O. The Morgan fingerprint density at radius 2 is 1.76 bits per heavy atom. The molecule has 1 rings (SSSR count). The number of carbonyl (C=O) groups is 1. The van der Waals surface area contributed by atoms with Gasteiger partial charge in [0.15, 0.2) is 0 Å². The largest absolute Gasteiger partial charge is 0.368 e. The zero-order valence-electron chi connectivity index (χ0n) is 14.6. The summed E-state index contributed by atoms with van der Waals surface area (Å²) in [6, 6.07) is 0.488. The molecule has 21 heavy (non-hydrogen) atoms. The van der Waals surface area contributed by atoms with Crippen LogP contribution in [0.3, 0.4) is 0 Å². The highest BCUT2D eigenvalue weighted by Crippen LogP contribution is 2.33. The van der Waals surface area contributed by atoms with Crippen LogP contribution >= 0.6 is 0 Å². The van der Waals surface area contributed by atoms with Gasteiger partial charge in [0.25, 0.3) is 0 Å². The van der Waals surface area contributed by atoms with Crippen molar-refractivity contribution < 1.29 is 4.79 Å². The summed E-state index contributed by atoms with van der Waals surface area (Å²) in [5.41, 5.74) is 5.14. The minimum atomic E-state index is -0.488. The molecule has 0 saturated heterocycles. The third-order valence-corrected chi connectivity index (χ3v) is 4.94. The Hall–Kier alpha value is -0.610. The predicted octanol–water partition coefficient (Wildman–Crippen LogP) is 2.38. The molecule has 0 aromatic rings. The average Bonchev–Trinajstić information content (AvgIpc) is 2.84. The topological polar surface area (TPSA) is 58.4 Å². The summed E-state index contributed by atoms with van der Waals surface area (Å²) in [6.07, 6.45) is 5.23. The highest BCUT2D eigenvalue weighted by Gasteiger charge is 2.44. The smallest absolute Gasteiger partial charge is 0.237 e. The summed E-state index contributed by atoms with van der Waals surface area (Å²) in [5, 5.41) is 3.19. The Morgan fingerprint density at radius 1 is 1.24 bits per heavy atom. The number of rotatable bonds is 9. The summed E-state index contributed by atoms with van der Waals surface area (Å²) < 4.78 is 0. The van der Waals surface area contributed by atoms with Gasteiger partial charge >= 0.3 is 0 Å². The van der Waals surface area contributed by atoms with E-state index in [0.29, 0.717) is 6.04 Å². The molecule has 0 bridgehead atoms. The fourth-order valence-electron chi connectivity index (χ4n) is 3.23. The van der Waals surface area contributed by atoms with Crippen LogP contribution in [0.15, 0.2) is 0 Å². The van der Waals surface area contributed by atoms with Gasteiger partial charge in [-0.25, -0.2) is 0 Å². The van der Waals surface area contributed by atoms with Gasteiger partial charge < -0.3 is 16.0 Å². The number of amides is 1. The second-order valence-electron chi connectivity index (χ2n) is 7.49. The Morgan fingerprint density at radius 3 is 2.10 bits per heavy atom. The van der Waals surface area contributed by atoms with E-state index in [9.17, 15) is 4.79 Å². The van der Waals surface area contributed by atoms with E-state index >= 15 is 0 Å². The van der Waals surface area contributed by atoms with Crippen molar-refractivity contribution in [1.29, 1.82) is 0 Å². The number of carbonyl (C=O) groups excluding carboxylic acids is 1. The van der Waals surface area contributed by atoms with Crippen LogP contribution in [0.25, 0.3) is 0 Å². The van der Waals surface area contributed by atoms with Crippen molar-refractivity contribution in [2.75, 3.05) is 20.1 Å². The molecule has 124 valence electrons. The van der Waals surface area contributed by atoms with E-state index in [1.807, 2.05) is 7.05 Å². The standard InChI is InChI=1S/C17H35N3O/c1-13(2)7-10-20(11-8-14(3)4)15-6-9-17(12-15,19-5)16(18)21/h13-15,19H,6-12H2,1-5H3,(H2,18,21). The lowest BCUT2D eigenvalue weighted by atomic mass is 9.96. The Bertz CT molecular complexity index is 318. The maximum atomic E-state index is 11.8. The van der Waals surface area contributed by atoms with Crippen LogP contribution in [-0.4, -0.2) is 42.5 Å². The lowest BCUT2D eigenvalue weighted by Crippen LogP contribution is -2.53. The van der Waals surface area contributed by atoms with Crippen molar-refractivity contribution in [3.8, 4) is 0 Å². The van der Waals surface area contributed by atoms with Gasteiger partial charge in [-0.15, -0.1) is 0 Å². The highest BCUT2D eigenvalue weighted by molar-refractivity contribution is 5.85. The number of likely N-dealkylation sites (N-methyl/N-ethyl adjacent to an activating group) is 1. The van der Waals surface area contributed by atoms with E-state index in [1.165, 1.54) is 12.8 Å². The van der Waals surface area contributed by atoms with Crippen LogP contribution in [0.4, 0.5) is 0 Å². The monoisotopic (exact) mass is 297 g/mol. The molecule has 0 radical (unpaired) electrons. The van der Waals surface area contributed by atoms with E-state index in [1.54, 1.807) is 0 Å². The van der Waals surface area contributed by atoms with E-state index in [-0.39, 0.29) is 5.91 Å². The Labute approximate surface area is 130 Å². The normalized spacial score (nSPS) is 26.2. The van der Waals surface area contributed by atoms with Crippen molar-refractivity contribution >= 4 is 5.91 Å². The van der Waals surface area contributed by atoms with Gasteiger partial charge in [-0.3, -0.25) is 4.79 Å². The van der Waals surface area contributed by atoms with E-state index in [2.05, 4.69) is 37.9 Å². The van der Waals surface area contributed by atoms with Crippen LogP contribution in [0.1, 0.15) is 59.8 Å². The molecule has 2 unspecified atom stereocenters. The first kappa shape index (κ1) is 18.4. The van der Waals surface area contributed by atoms with Gasteiger partial charge in [0, 0.05) is 6.04 Å². The first-order valence-electron chi connectivity index (χ1n) is 8.53. The van der Waals surface area contributed by atoms with Gasteiger partial charge in [-0.05, 0) is 64.1 Å². The minimum Gasteiger partial charge on any atom is -0.368 e. The van der Waals surface area contributed by atoms with Crippen LogP contribution in [-0.2, 0) is 4.79 Å². The fourth-order valence-corrected chi connectivity index (χ4v) is 3.23. The predicted molar refractivity (Wildman–Crippen MR) is 89.1 cm³/mol. The van der Waals surface area contributed by atoms with Crippen LogP contribution in [0.5, 0.6) is 0 Å². The average molecular weight is 297 g/mol. The van der Waals surface area contributed by atoms with Crippen molar-refractivity contribution in [3.63, 3.8) is 0 Å². The van der Waals surface area contributed by atoms with Crippen molar-refractivity contribution in [2.45, 2.75) is 71.4 Å². The summed E-state index contributed by atoms with van der Waals surface area (Å²) in [7, 11) is 1.86. The van der Waals surface area contributed by atoms with Crippen molar-refractivity contribution in [2.24, 2.45) is 17.6 Å². The second kappa shape index (κ2) is 8.14. The quantitative estimate of drug-likeness (QED) is 0.687. The van der Waals surface area contributed by atoms with Crippen LogP contribution < -0.4 is 11.1 Å². The van der Waals surface area contributed by atoms with Gasteiger partial charge in [0.1, 0.15) is 0 Å². The molecule has 0 heterocycles. The Kier molecular flexibility index (Phi) is 7.14. The first-order chi connectivity index (χ1) is 9.80. The van der Waals surface area contributed by atoms with Crippen LogP contribution in [0, 0.1) is 11.8 Å². The van der Waals surface area contributed by atoms with Gasteiger partial charge in [0.2, 0.25) is 5.91 Å². The molecule has 1 fully saturated rings. The van der Waals surface area contributed by atoms with Gasteiger partial charge in [0.05, 0.1) is 5.54 Å². The number of nitrogens with one attached hydrogen (secondary N) is 1. The maximum Gasteiger partial charge on any atom is 0.237 e. The number of nitrogens with zero attached hydrogens (tertiary/aromatic N) is 1. The summed E-state index contributed by atoms with van der Waals surface area (Å²) in [5.74, 6) is 1.25. The molecule has 0 aromatic heterocycles. The Balaban J connectivity index is 2.67. The molecular weight excluding hydrogens is 262 g/mol. The third kappa shape index (κ3) is 5.26.